The predicted molar refractivity (Wildman–Crippen MR) is 66.5 cm³/mol. The first-order chi connectivity index (χ1) is 7.74. The minimum absolute atomic E-state index is 0.421. The molecule has 0 amide bonds. The first kappa shape index (κ1) is 9.42. The van der Waals surface area contributed by atoms with Gasteiger partial charge in [-0.3, -0.25) is 0 Å². The number of nitrogen functional groups attached to an aromatic ring is 1. The summed E-state index contributed by atoms with van der Waals surface area (Å²) in [4.78, 5) is 1.06. The minimum Gasteiger partial charge on any atom is -0.381 e. The van der Waals surface area contributed by atoms with Crippen LogP contribution in [0.15, 0.2) is 34.9 Å². The fourth-order valence-electron chi connectivity index (χ4n) is 1.73. The maximum absolute atomic E-state index is 5.54. The van der Waals surface area contributed by atoms with Crippen molar-refractivity contribution in [2.75, 3.05) is 5.73 Å². The van der Waals surface area contributed by atoms with Crippen molar-refractivity contribution in [2.24, 2.45) is 0 Å². The van der Waals surface area contributed by atoms with Crippen LogP contribution in [0, 0.1) is 6.92 Å². The van der Waals surface area contributed by atoms with E-state index in [-0.39, 0.29) is 0 Å². The summed E-state index contributed by atoms with van der Waals surface area (Å²) in [5.74, 6) is 1.15. The van der Waals surface area contributed by atoms with Crippen LogP contribution < -0.4 is 5.73 Å². The highest BCUT2D eigenvalue weighted by Gasteiger charge is 2.09. The topological polar surface area (TPSA) is 52.0 Å². The third-order valence-corrected chi connectivity index (χ3v) is 3.67. The molecule has 3 nitrogen and oxygen atoms in total. The molecule has 2 aromatic heterocycles. The van der Waals surface area contributed by atoms with Crippen LogP contribution in [0.5, 0.6) is 0 Å². The molecule has 0 unspecified atom stereocenters. The van der Waals surface area contributed by atoms with Gasteiger partial charge < -0.3 is 10.3 Å². The lowest BCUT2D eigenvalue weighted by Crippen LogP contribution is -1.79. The Labute approximate surface area is 96.5 Å². The van der Waals surface area contributed by atoms with Gasteiger partial charge in [-0.05, 0) is 30.0 Å². The largest absolute Gasteiger partial charge is 0.381 e. The number of benzene rings is 1. The molecular formula is C12H10N2OS. The molecule has 4 heteroatoms. The molecule has 0 saturated carbocycles. The third-order valence-electron chi connectivity index (χ3n) is 2.55. The molecule has 0 fully saturated rings. The molecule has 0 atom stereocenters. The zero-order chi connectivity index (χ0) is 11.1. The Morgan fingerprint density at radius 2 is 2.19 bits per heavy atom. The van der Waals surface area contributed by atoms with Gasteiger partial charge in [0.05, 0.1) is 4.88 Å². The highest BCUT2D eigenvalue weighted by molar-refractivity contribution is 7.22. The number of aromatic nitrogens is 1. The lowest BCUT2D eigenvalue weighted by molar-refractivity contribution is 0.436. The number of aryl methyl sites for hydroxylation is 1. The van der Waals surface area contributed by atoms with E-state index in [0.29, 0.717) is 5.82 Å². The Hall–Kier alpha value is -1.81. The molecule has 16 heavy (non-hydrogen) atoms. The van der Waals surface area contributed by atoms with Gasteiger partial charge in [0, 0.05) is 10.8 Å². The SMILES string of the molecule is Cc1cccc2sc(-c3cc(N)no3)cc12. The zero-order valence-electron chi connectivity index (χ0n) is 8.73. The number of hydrogen-bond acceptors (Lipinski definition) is 4. The van der Waals surface area contributed by atoms with E-state index in [1.54, 1.807) is 17.4 Å². The van der Waals surface area contributed by atoms with E-state index in [0.717, 1.165) is 10.6 Å². The molecule has 0 spiro atoms. The predicted octanol–water partition coefficient (Wildman–Crippen LogP) is 3.45. The van der Waals surface area contributed by atoms with E-state index in [9.17, 15) is 0 Å². The summed E-state index contributed by atoms with van der Waals surface area (Å²) in [6.45, 7) is 2.10. The van der Waals surface area contributed by atoms with E-state index in [2.05, 4.69) is 36.3 Å². The first-order valence-corrected chi connectivity index (χ1v) is 5.77. The van der Waals surface area contributed by atoms with Crippen molar-refractivity contribution in [1.29, 1.82) is 0 Å². The number of nitrogens with zero attached hydrogens (tertiary/aromatic N) is 1. The van der Waals surface area contributed by atoms with E-state index < -0.39 is 0 Å². The van der Waals surface area contributed by atoms with Gasteiger partial charge in [-0.2, -0.15) is 0 Å². The summed E-state index contributed by atoms with van der Waals surface area (Å²) in [6.07, 6.45) is 0. The average Bonchev–Trinajstić information content (AvgIpc) is 2.84. The van der Waals surface area contributed by atoms with E-state index >= 15 is 0 Å². The zero-order valence-corrected chi connectivity index (χ0v) is 9.54. The summed E-state index contributed by atoms with van der Waals surface area (Å²) in [5.41, 5.74) is 6.81. The van der Waals surface area contributed by atoms with Gasteiger partial charge >= 0.3 is 0 Å². The van der Waals surface area contributed by atoms with Gasteiger partial charge in [-0.15, -0.1) is 11.3 Å². The smallest absolute Gasteiger partial charge is 0.179 e. The molecule has 3 aromatic rings. The molecule has 0 saturated heterocycles. The van der Waals surface area contributed by atoms with Crippen LogP contribution in [0.3, 0.4) is 0 Å². The van der Waals surface area contributed by atoms with Crippen molar-refractivity contribution in [3.05, 3.63) is 35.9 Å². The maximum Gasteiger partial charge on any atom is 0.179 e. The van der Waals surface area contributed by atoms with Gasteiger partial charge in [-0.25, -0.2) is 0 Å². The van der Waals surface area contributed by atoms with Crippen LogP contribution >= 0.6 is 11.3 Å². The second-order valence-corrected chi connectivity index (χ2v) is 4.80. The van der Waals surface area contributed by atoms with E-state index in [1.165, 1.54) is 15.6 Å². The van der Waals surface area contributed by atoms with Crippen LogP contribution in [0.1, 0.15) is 5.56 Å². The summed E-state index contributed by atoms with van der Waals surface area (Å²) in [5, 5.41) is 4.96. The summed E-state index contributed by atoms with van der Waals surface area (Å²) in [6, 6.07) is 10.1. The quantitative estimate of drug-likeness (QED) is 0.696. The minimum atomic E-state index is 0.421. The molecule has 0 aliphatic heterocycles. The van der Waals surface area contributed by atoms with E-state index in [4.69, 9.17) is 10.3 Å². The molecule has 0 bridgehead atoms. The van der Waals surface area contributed by atoms with Gasteiger partial charge in [0.15, 0.2) is 11.6 Å². The number of anilines is 1. The number of fused-ring (bicyclic) bond motifs is 1. The average molecular weight is 230 g/mol. The fraction of sp³-hybridized carbons (Fsp3) is 0.0833. The van der Waals surface area contributed by atoms with Gasteiger partial charge in [-0.1, -0.05) is 17.3 Å². The Morgan fingerprint density at radius 3 is 2.88 bits per heavy atom. The van der Waals surface area contributed by atoms with E-state index in [1.807, 2.05) is 0 Å². The van der Waals surface area contributed by atoms with Crippen LogP contribution in [-0.4, -0.2) is 5.16 Å². The highest BCUT2D eigenvalue weighted by atomic mass is 32.1. The Balaban J connectivity index is 2.22. The summed E-state index contributed by atoms with van der Waals surface area (Å²) >= 11 is 1.69. The molecular weight excluding hydrogens is 220 g/mol. The first-order valence-electron chi connectivity index (χ1n) is 4.96. The molecule has 0 aliphatic carbocycles. The Kier molecular flexibility index (Phi) is 1.97. The number of nitrogens with two attached hydrogens (primary N) is 1. The van der Waals surface area contributed by atoms with Crippen LogP contribution in [0.2, 0.25) is 0 Å². The summed E-state index contributed by atoms with van der Waals surface area (Å²) in [7, 11) is 0. The van der Waals surface area contributed by atoms with Gasteiger partial charge in [0.2, 0.25) is 0 Å². The van der Waals surface area contributed by atoms with Crippen molar-refractivity contribution < 1.29 is 4.52 Å². The maximum atomic E-state index is 5.54. The second kappa shape index (κ2) is 3.35. The Morgan fingerprint density at radius 1 is 1.31 bits per heavy atom. The van der Waals surface area contributed by atoms with Gasteiger partial charge in [0.1, 0.15) is 0 Å². The van der Waals surface area contributed by atoms with Crippen molar-refractivity contribution >= 4 is 27.2 Å². The van der Waals surface area contributed by atoms with Crippen molar-refractivity contribution in [3.8, 4) is 10.6 Å². The monoisotopic (exact) mass is 230 g/mol. The van der Waals surface area contributed by atoms with Crippen LogP contribution in [-0.2, 0) is 0 Å². The molecule has 3 rings (SSSR count). The second-order valence-electron chi connectivity index (χ2n) is 3.71. The standard InChI is InChI=1S/C12H10N2OS/c1-7-3-2-4-10-8(7)5-11(16-10)9-6-12(13)14-15-9/h2-6H,1H3,(H2,13,14). The Bertz CT molecular complexity index is 654. The molecule has 80 valence electrons. The van der Waals surface area contributed by atoms with Crippen molar-refractivity contribution in [3.63, 3.8) is 0 Å². The van der Waals surface area contributed by atoms with Crippen LogP contribution in [0.4, 0.5) is 5.82 Å². The number of thiophene rings is 1. The highest BCUT2D eigenvalue weighted by Crippen LogP contribution is 2.35. The summed E-state index contributed by atoms with van der Waals surface area (Å²) < 4.78 is 6.41. The lowest BCUT2D eigenvalue weighted by Gasteiger charge is -1.91. The number of hydrogen-bond donors (Lipinski definition) is 1. The number of rotatable bonds is 1. The van der Waals surface area contributed by atoms with Crippen molar-refractivity contribution in [1.82, 2.24) is 5.16 Å². The molecule has 0 aliphatic rings. The third kappa shape index (κ3) is 1.39. The fourth-order valence-corrected chi connectivity index (χ4v) is 2.82. The van der Waals surface area contributed by atoms with Gasteiger partial charge in [0.25, 0.3) is 0 Å². The normalized spacial score (nSPS) is 11.1. The molecule has 2 N–H and O–H groups in total. The van der Waals surface area contributed by atoms with Crippen LogP contribution in [0.25, 0.3) is 20.7 Å². The molecule has 1 aromatic carbocycles. The van der Waals surface area contributed by atoms with Crippen molar-refractivity contribution in [2.45, 2.75) is 6.92 Å². The molecule has 0 radical (unpaired) electrons. The molecule has 2 heterocycles. The lowest BCUT2D eigenvalue weighted by atomic mass is 10.1.